The van der Waals surface area contributed by atoms with Crippen molar-refractivity contribution in [2.45, 2.75) is 49.1 Å². The zero-order chi connectivity index (χ0) is 16.7. The first-order valence-electron chi connectivity index (χ1n) is 8.63. The number of nitrogens with one attached hydrogen (secondary N) is 1. The number of carboxylic acid groups (broad SMARTS) is 1. The molecule has 1 aromatic rings. The molecule has 4 saturated carbocycles. The fourth-order valence-electron chi connectivity index (χ4n) is 5.39. The highest BCUT2D eigenvalue weighted by Crippen LogP contribution is 2.55. The molecular formula is C18H21N2O3S-. The Labute approximate surface area is 145 Å². The summed E-state index contributed by atoms with van der Waals surface area (Å²) in [5.74, 6) is 1.27. The standard InChI is InChI=1S/C18H22N2O3S/c21-15(10-24-16-14(17(22)23)2-1-3-19-16)20-18-7-11-4-12(8-18)6-13(5-11)9-18/h1-3,11-13H,4-10H2,(H,20,21)(H,22,23)/p-1. The van der Waals surface area contributed by atoms with E-state index in [9.17, 15) is 14.7 Å². The minimum atomic E-state index is -1.26. The Morgan fingerprint density at radius 1 is 1.21 bits per heavy atom. The quantitative estimate of drug-likeness (QED) is 0.820. The minimum absolute atomic E-state index is 0.00626. The number of carbonyl (C=O) groups excluding carboxylic acids is 2. The monoisotopic (exact) mass is 345 g/mol. The second-order valence-electron chi connectivity index (χ2n) is 7.68. The number of pyridine rings is 1. The van der Waals surface area contributed by atoms with Crippen LogP contribution >= 0.6 is 11.8 Å². The summed E-state index contributed by atoms with van der Waals surface area (Å²) in [6.07, 6.45) is 8.90. The van der Waals surface area contributed by atoms with Crippen LogP contribution in [0.1, 0.15) is 48.9 Å². The zero-order valence-electron chi connectivity index (χ0n) is 13.5. The Bertz CT molecular complexity index is 641. The molecule has 1 heterocycles. The molecular weight excluding hydrogens is 324 g/mol. The molecule has 1 aromatic heterocycles. The third-order valence-electron chi connectivity index (χ3n) is 5.77. The molecule has 0 aliphatic heterocycles. The van der Waals surface area contributed by atoms with Crippen LogP contribution in [-0.4, -0.2) is 28.2 Å². The number of hydrogen-bond donors (Lipinski definition) is 1. The Balaban J connectivity index is 1.39. The molecule has 5 rings (SSSR count). The van der Waals surface area contributed by atoms with Gasteiger partial charge >= 0.3 is 0 Å². The van der Waals surface area contributed by atoms with Crippen LogP contribution in [-0.2, 0) is 4.79 Å². The molecule has 4 aliphatic rings. The van der Waals surface area contributed by atoms with E-state index < -0.39 is 5.97 Å². The van der Waals surface area contributed by atoms with Crippen LogP contribution in [0.15, 0.2) is 23.4 Å². The number of rotatable bonds is 5. The molecule has 0 saturated heterocycles. The molecule has 1 amide bonds. The number of aromatic carboxylic acids is 1. The van der Waals surface area contributed by atoms with Crippen molar-refractivity contribution >= 4 is 23.6 Å². The summed E-state index contributed by atoms with van der Waals surface area (Å²) < 4.78 is 0. The van der Waals surface area contributed by atoms with Gasteiger partial charge in [-0.05, 0) is 68.4 Å². The largest absolute Gasteiger partial charge is 0.545 e. The van der Waals surface area contributed by atoms with Gasteiger partial charge in [-0.25, -0.2) is 4.98 Å². The van der Waals surface area contributed by atoms with Gasteiger partial charge in [0, 0.05) is 17.3 Å². The Kier molecular flexibility index (Phi) is 4.03. The van der Waals surface area contributed by atoms with Crippen molar-refractivity contribution in [3.05, 3.63) is 23.9 Å². The molecule has 128 valence electrons. The van der Waals surface area contributed by atoms with E-state index in [1.54, 1.807) is 6.07 Å². The summed E-state index contributed by atoms with van der Waals surface area (Å²) in [5.41, 5.74) is 0.0401. The molecule has 1 N–H and O–H groups in total. The maximum absolute atomic E-state index is 12.5. The van der Waals surface area contributed by atoms with Crippen molar-refractivity contribution in [3.63, 3.8) is 0 Å². The van der Waals surface area contributed by atoms with Gasteiger partial charge in [-0.1, -0.05) is 11.8 Å². The highest BCUT2D eigenvalue weighted by atomic mass is 32.2. The van der Waals surface area contributed by atoms with Gasteiger partial charge in [0.05, 0.1) is 11.7 Å². The molecule has 24 heavy (non-hydrogen) atoms. The zero-order valence-corrected chi connectivity index (χ0v) is 14.3. The lowest BCUT2D eigenvalue weighted by molar-refractivity contribution is -0.255. The first-order valence-corrected chi connectivity index (χ1v) is 9.62. The summed E-state index contributed by atoms with van der Waals surface area (Å²) in [4.78, 5) is 27.6. The molecule has 0 spiro atoms. The van der Waals surface area contributed by atoms with Gasteiger partial charge in [-0.2, -0.15) is 0 Å². The number of thioether (sulfide) groups is 1. The molecule has 0 atom stereocenters. The average Bonchev–Trinajstić information content (AvgIpc) is 2.51. The van der Waals surface area contributed by atoms with Gasteiger partial charge in [0.15, 0.2) is 0 Å². The highest BCUT2D eigenvalue weighted by molar-refractivity contribution is 8.00. The lowest BCUT2D eigenvalue weighted by Crippen LogP contribution is -2.60. The number of aromatic nitrogens is 1. The van der Waals surface area contributed by atoms with Crippen LogP contribution in [0.3, 0.4) is 0 Å². The Morgan fingerprint density at radius 2 is 1.83 bits per heavy atom. The van der Waals surface area contributed by atoms with Crippen molar-refractivity contribution in [1.29, 1.82) is 0 Å². The lowest BCUT2D eigenvalue weighted by atomic mass is 9.53. The van der Waals surface area contributed by atoms with E-state index in [0.717, 1.165) is 37.0 Å². The van der Waals surface area contributed by atoms with E-state index in [1.807, 2.05) is 0 Å². The number of nitrogens with zero attached hydrogens (tertiary/aromatic N) is 1. The van der Waals surface area contributed by atoms with E-state index in [4.69, 9.17) is 0 Å². The van der Waals surface area contributed by atoms with Crippen molar-refractivity contribution in [2.24, 2.45) is 17.8 Å². The predicted octanol–water partition coefficient (Wildman–Crippen LogP) is 1.62. The molecule has 6 heteroatoms. The average molecular weight is 345 g/mol. The topological polar surface area (TPSA) is 82.1 Å². The van der Waals surface area contributed by atoms with E-state index in [0.29, 0.717) is 5.03 Å². The van der Waals surface area contributed by atoms with Gasteiger partial charge in [-0.15, -0.1) is 0 Å². The van der Waals surface area contributed by atoms with Crippen LogP contribution in [0.25, 0.3) is 0 Å². The molecule has 0 unspecified atom stereocenters. The molecule has 5 nitrogen and oxygen atoms in total. The van der Waals surface area contributed by atoms with E-state index in [2.05, 4.69) is 10.3 Å². The van der Waals surface area contributed by atoms with Gasteiger partial charge in [0.2, 0.25) is 5.91 Å². The van der Waals surface area contributed by atoms with E-state index in [-0.39, 0.29) is 22.8 Å². The summed E-state index contributed by atoms with van der Waals surface area (Å²) >= 11 is 1.17. The first kappa shape index (κ1) is 15.9. The molecule has 0 aromatic carbocycles. The summed E-state index contributed by atoms with van der Waals surface area (Å²) in [6.45, 7) is 0. The second-order valence-corrected chi connectivity index (χ2v) is 8.64. The number of carbonyl (C=O) groups is 2. The summed E-state index contributed by atoms with van der Waals surface area (Å²) in [6, 6.07) is 3.02. The maximum atomic E-state index is 12.5. The molecule has 0 radical (unpaired) electrons. The smallest absolute Gasteiger partial charge is 0.230 e. The van der Waals surface area contributed by atoms with Crippen LogP contribution < -0.4 is 10.4 Å². The lowest BCUT2D eigenvalue weighted by Gasteiger charge is -2.56. The molecule has 4 aliphatic carbocycles. The molecule has 4 bridgehead atoms. The predicted molar refractivity (Wildman–Crippen MR) is 88.3 cm³/mol. The van der Waals surface area contributed by atoms with Crippen molar-refractivity contribution in [2.75, 3.05) is 5.75 Å². The summed E-state index contributed by atoms with van der Waals surface area (Å²) in [7, 11) is 0. The van der Waals surface area contributed by atoms with Crippen molar-refractivity contribution < 1.29 is 14.7 Å². The number of hydrogen-bond acceptors (Lipinski definition) is 5. The van der Waals surface area contributed by atoms with Gasteiger partial charge in [0.1, 0.15) is 5.03 Å². The van der Waals surface area contributed by atoms with Crippen LogP contribution in [0.4, 0.5) is 0 Å². The Hall–Kier alpha value is -1.56. The van der Waals surface area contributed by atoms with Crippen molar-refractivity contribution in [1.82, 2.24) is 10.3 Å². The summed E-state index contributed by atoms with van der Waals surface area (Å²) in [5, 5.41) is 14.7. The normalized spacial score (nSPS) is 33.4. The van der Waals surface area contributed by atoms with Crippen molar-refractivity contribution in [3.8, 4) is 0 Å². The Morgan fingerprint density at radius 3 is 2.42 bits per heavy atom. The van der Waals surface area contributed by atoms with Gasteiger partial charge in [-0.3, -0.25) is 4.79 Å². The third-order valence-corrected chi connectivity index (χ3v) is 6.78. The number of amides is 1. The minimum Gasteiger partial charge on any atom is -0.545 e. The maximum Gasteiger partial charge on any atom is 0.230 e. The van der Waals surface area contributed by atoms with E-state index in [1.165, 1.54) is 43.3 Å². The first-order chi connectivity index (χ1) is 11.5. The fraction of sp³-hybridized carbons (Fsp3) is 0.611. The SMILES string of the molecule is O=C(CSc1ncccc1C(=O)[O-])NC12CC3CC(CC(C3)C1)C2. The van der Waals surface area contributed by atoms with Crippen LogP contribution in [0, 0.1) is 17.8 Å². The fourth-order valence-corrected chi connectivity index (χ4v) is 6.17. The van der Waals surface area contributed by atoms with Crippen LogP contribution in [0.5, 0.6) is 0 Å². The second kappa shape index (κ2) is 6.06. The van der Waals surface area contributed by atoms with Crippen LogP contribution in [0.2, 0.25) is 0 Å². The third kappa shape index (κ3) is 3.04. The molecule has 4 fully saturated rings. The van der Waals surface area contributed by atoms with E-state index >= 15 is 0 Å². The van der Waals surface area contributed by atoms with Gasteiger partial charge < -0.3 is 15.2 Å². The highest BCUT2D eigenvalue weighted by Gasteiger charge is 2.51. The van der Waals surface area contributed by atoms with Gasteiger partial charge in [0.25, 0.3) is 0 Å². The number of carboxylic acids is 1.